The van der Waals surface area contributed by atoms with Crippen LogP contribution in [0.3, 0.4) is 0 Å². The third-order valence-electron chi connectivity index (χ3n) is 1.90. The molecular weight excluding hydrogens is 285 g/mol. The van der Waals surface area contributed by atoms with Crippen molar-refractivity contribution in [2.24, 2.45) is 0 Å². The summed E-state index contributed by atoms with van der Waals surface area (Å²) in [6.07, 6.45) is 3.62. The molecule has 0 aromatic carbocycles. The Morgan fingerprint density at radius 3 is 1.81 bits per heavy atom. The first-order chi connectivity index (χ1) is 7.63. The molecule has 0 unspecified atom stereocenters. The van der Waals surface area contributed by atoms with Gasteiger partial charge in [0.2, 0.25) is 0 Å². The van der Waals surface area contributed by atoms with Crippen LogP contribution in [-0.2, 0) is 13.1 Å². The number of thiazole rings is 2. The molecule has 0 saturated carbocycles. The van der Waals surface area contributed by atoms with E-state index < -0.39 is 0 Å². The molecule has 0 spiro atoms. The van der Waals surface area contributed by atoms with E-state index in [9.17, 15) is 0 Å². The van der Waals surface area contributed by atoms with E-state index in [2.05, 4.69) is 14.9 Å². The number of hydrogen-bond acceptors (Lipinski definition) is 5. The summed E-state index contributed by atoms with van der Waals surface area (Å²) in [7, 11) is 2.04. The van der Waals surface area contributed by atoms with Gasteiger partial charge in [0.05, 0.1) is 0 Å². The molecule has 0 aliphatic rings. The summed E-state index contributed by atoms with van der Waals surface area (Å²) in [6, 6.07) is 0. The van der Waals surface area contributed by atoms with E-state index in [4.69, 9.17) is 23.2 Å². The zero-order valence-electron chi connectivity index (χ0n) is 8.48. The molecule has 0 amide bonds. The third-order valence-corrected chi connectivity index (χ3v) is 4.10. The predicted molar refractivity (Wildman–Crippen MR) is 69.4 cm³/mol. The average molecular weight is 294 g/mol. The molecule has 0 radical (unpaired) electrons. The van der Waals surface area contributed by atoms with Crippen LogP contribution >= 0.6 is 45.9 Å². The molecule has 0 fully saturated rings. The number of rotatable bonds is 4. The standard InChI is InChI=1S/C9H9Cl2N3S2/c1-14(4-6-2-12-8(10)15-6)5-7-3-13-9(11)16-7/h2-3H,4-5H2,1H3. The first-order valence-corrected chi connectivity index (χ1v) is 6.91. The van der Waals surface area contributed by atoms with Crippen molar-refractivity contribution in [1.29, 1.82) is 0 Å². The van der Waals surface area contributed by atoms with Gasteiger partial charge in [-0.3, -0.25) is 4.90 Å². The molecule has 0 N–H and O–H groups in total. The van der Waals surface area contributed by atoms with Gasteiger partial charge in [0.15, 0.2) is 8.93 Å². The Bertz CT molecular complexity index is 427. The van der Waals surface area contributed by atoms with Gasteiger partial charge in [-0.2, -0.15) is 0 Å². The zero-order valence-corrected chi connectivity index (χ0v) is 11.6. The minimum Gasteiger partial charge on any atom is -0.296 e. The average Bonchev–Trinajstić information content (AvgIpc) is 2.76. The molecule has 2 aromatic heterocycles. The fourth-order valence-corrected chi connectivity index (χ4v) is 3.42. The molecule has 0 atom stereocenters. The molecule has 2 rings (SSSR count). The SMILES string of the molecule is CN(Cc1cnc(Cl)s1)Cc1cnc(Cl)s1. The van der Waals surface area contributed by atoms with Crippen molar-refractivity contribution in [3.05, 3.63) is 31.1 Å². The minimum absolute atomic E-state index is 0.587. The maximum absolute atomic E-state index is 5.77. The van der Waals surface area contributed by atoms with Gasteiger partial charge in [-0.05, 0) is 7.05 Å². The lowest BCUT2D eigenvalue weighted by molar-refractivity contribution is 0.324. The van der Waals surface area contributed by atoms with Crippen LogP contribution in [0.1, 0.15) is 9.75 Å². The van der Waals surface area contributed by atoms with Gasteiger partial charge >= 0.3 is 0 Å². The van der Waals surface area contributed by atoms with Gasteiger partial charge < -0.3 is 0 Å². The van der Waals surface area contributed by atoms with Crippen LogP contribution in [-0.4, -0.2) is 21.9 Å². The second-order valence-corrected chi connectivity index (χ2v) is 6.73. The minimum atomic E-state index is 0.587. The number of aromatic nitrogens is 2. The molecule has 0 saturated heterocycles. The summed E-state index contributed by atoms with van der Waals surface area (Å²) in [5, 5.41) is 0. The Kier molecular flexibility index (Phi) is 4.16. The van der Waals surface area contributed by atoms with Crippen LogP contribution in [0.2, 0.25) is 8.93 Å². The summed E-state index contributed by atoms with van der Waals surface area (Å²) in [5.41, 5.74) is 0. The van der Waals surface area contributed by atoms with Crippen molar-refractivity contribution in [2.75, 3.05) is 7.05 Å². The Hall–Kier alpha value is -0.200. The molecular formula is C9H9Cl2N3S2. The topological polar surface area (TPSA) is 29.0 Å². The van der Waals surface area contributed by atoms with E-state index in [1.165, 1.54) is 22.7 Å². The largest absolute Gasteiger partial charge is 0.296 e. The first kappa shape index (κ1) is 12.3. The second kappa shape index (κ2) is 5.42. The third kappa shape index (κ3) is 3.40. The molecule has 7 heteroatoms. The van der Waals surface area contributed by atoms with E-state index in [1.54, 1.807) is 0 Å². The van der Waals surface area contributed by atoms with Crippen LogP contribution in [0.4, 0.5) is 0 Å². The Morgan fingerprint density at radius 2 is 1.50 bits per heavy atom. The van der Waals surface area contributed by atoms with Gasteiger partial charge in [0, 0.05) is 35.2 Å². The molecule has 2 heterocycles. The Morgan fingerprint density at radius 1 is 1.06 bits per heavy atom. The lowest BCUT2D eigenvalue weighted by atomic mass is 10.4. The van der Waals surface area contributed by atoms with E-state index in [0.717, 1.165) is 22.8 Å². The summed E-state index contributed by atoms with van der Waals surface area (Å²) in [4.78, 5) is 12.5. The van der Waals surface area contributed by atoms with Crippen LogP contribution in [0.25, 0.3) is 0 Å². The molecule has 0 bridgehead atoms. The summed E-state index contributed by atoms with van der Waals surface area (Å²) in [6.45, 7) is 1.67. The number of hydrogen-bond donors (Lipinski definition) is 0. The fourth-order valence-electron chi connectivity index (χ4n) is 1.30. The summed E-state index contributed by atoms with van der Waals surface area (Å²) < 4.78 is 1.17. The monoisotopic (exact) mass is 293 g/mol. The van der Waals surface area contributed by atoms with Crippen LogP contribution in [0.15, 0.2) is 12.4 Å². The van der Waals surface area contributed by atoms with Gasteiger partial charge in [-0.25, -0.2) is 9.97 Å². The van der Waals surface area contributed by atoms with E-state index in [0.29, 0.717) is 8.93 Å². The Balaban J connectivity index is 1.91. The van der Waals surface area contributed by atoms with Crippen molar-refractivity contribution >= 4 is 45.9 Å². The van der Waals surface area contributed by atoms with Crippen molar-refractivity contribution in [2.45, 2.75) is 13.1 Å². The molecule has 16 heavy (non-hydrogen) atoms. The van der Waals surface area contributed by atoms with Crippen molar-refractivity contribution < 1.29 is 0 Å². The van der Waals surface area contributed by atoms with Gasteiger partial charge in [0.25, 0.3) is 0 Å². The van der Waals surface area contributed by atoms with Crippen molar-refractivity contribution in [3.63, 3.8) is 0 Å². The number of nitrogens with zero attached hydrogens (tertiary/aromatic N) is 3. The van der Waals surface area contributed by atoms with Gasteiger partial charge in [0.1, 0.15) is 0 Å². The highest BCUT2D eigenvalue weighted by atomic mass is 35.5. The first-order valence-electron chi connectivity index (χ1n) is 4.52. The highest BCUT2D eigenvalue weighted by Crippen LogP contribution is 2.22. The van der Waals surface area contributed by atoms with Gasteiger partial charge in [-0.15, -0.1) is 22.7 Å². The van der Waals surface area contributed by atoms with Crippen molar-refractivity contribution in [1.82, 2.24) is 14.9 Å². The fraction of sp³-hybridized carbons (Fsp3) is 0.333. The lowest BCUT2D eigenvalue weighted by Gasteiger charge is -2.13. The molecule has 0 aliphatic heterocycles. The van der Waals surface area contributed by atoms with Crippen LogP contribution in [0.5, 0.6) is 0 Å². The molecule has 3 nitrogen and oxygen atoms in total. The van der Waals surface area contributed by atoms with Crippen molar-refractivity contribution in [3.8, 4) is 0 Å². The molecule has 0 aliphatic carbocycles. The summed E-state index contributed by atoms with van der Waals surface area (Å²) in [5.74, 6) is 0. The maximum atomic E-state index is 5.77. The quantitative estimate of drug-likeness (QED) is 0.863. The van der Waals surface area contributed by atoms with Gasteiger partial charge in [-0.1, -0.05) is 23.2 Å². The molecule has 86 valence electrons. The smallest absolute Gasteiger partial charge is 0.183 e. The molecule has 2 aromatic rings. The van der Waals surface area contributed by atoms with E-state index in [-0.39, 0.29) is 0 Å². The van der Waals surface area contributed by atoms with Crippen LogP contribution < -0.4 is 0 Å². The lowest BCUT2D eigenvalue weighted by Crippen LogP contribution is -2.15. The Labute approximate surface area is 112 Å². The highest BCUT2D eigenvalue weighted by molar-refractivity contribution is 7.16. The zero-order chi connectivity index (χ0) is 11.5. The number of halogens is 2. The second-order valence-electron chi connectivity index (χ2n) is 3.33. The highest BCUT2D eigenvalue weighted by Gasteiger charge is 2.07. The van der Waals surface area contributed by atoms with E-state index >= 15 is 0 Å². The van der Waals surface area contributed by atoms with Crippen LogP contribution in [0, 0.1) is 0 Å². The maximum Gasteiger partial charge on any atom is 0.183 e. The summed E-state index contributed by atoms with van der Waals surface area (Å²) >= 11 is 14.6. The normalized spacial score (nSPS) is 11.2. The van der Waals surface area contributed by atoms with E-state index in [1.807, 2.05) is 19.4 Å². The predicted octanol–water partition coefficient (Wildman–Crippen LogP) is 3.54.